The highest BCUT2D eigenvalue weighted by Crippen LogP contribution is 2.11. The molecule has 0 unspecified atom stereocenters. The summed E-state index contributed by atoms with van der Waals surface area (Å²) < 4.78 is 0. The average molecular weight is 276 g/mol. The monoisotopic (exact) mass is 275 g/mol. The van der Waals surface area contributed by atoms with Crippen LogP contribution >= 0.6 is 15.9 Å². The highest BCUT2D eigenvalue weighted by atomic mass is 79.9. The fourth-order valence-corrected chi connectivity index (χ4v) is 1.76. The van der Waals surface area contributed by atoms with Gasteiger partial charge < -0.3 is 0 Å². The zero-order chi connectivity index (χ0) is 11.4. The molecule has 16 heavy (non-hydrogen) atoms. The van der Waals surface area contributed by atoms with E-state index in [9.17, 15) is 4.79 Å². The van der Waals surface area contributed by atoms with E-state index in [4.69, 9.17) is 0 Å². The van der Waals surface area contributed by atoms with Crippen LogP contribution in [0.25, 0.3) is 0 Å². The van der Waals surface area contributed by atoms with Gasteiger partial charge in [-0.1, -0.05) is 46.3 Å². The number of pyridine rings is 1. The summed E-state index contributed by atoms with van der Waals surface area (Å²) >= 11 is 3.37. The molecular weight excluding hydrogens is 266 g/mol. The summed E-state index contributed by atoms with van der Waals surface area (Å²) in [7, 11) is 0. The summed E-state index contributed by atoms with van der Waals surface area (Å²) in [6.45, 7) is 0. The van der Waals surface area contributed by atoms with E-state index in [1.807, 2.05) is 30.3 Å². The fourth-order valence-electron chi connectivity index (χ4n) is 1.39. The molecule has 3 heteroatoms. The first-order chi connectivity index (χ1) is 7.81. The zero-order valence-corrected chi connectivity index (χ0v) is 10.1. The Morgan fingerprint density at radius 3 is 2.44 bits per heavy atom. The third-order valence-electron chi connectivity index (χ3n) is 2.27. The van der Waals surface area contributed by atoms with Crippen molar-refractivity contribution in [3.63, 3.8) is 0 Å². The van der Waals surface area contributed by atoms with Gasteiger partial charge in [-0.15, -0.1) is 0 Å². The fraction of sp³-hybridized carbons (Fsp3) is 0.0769. The molecule has 0 saturated carbocycles. The smallest absolute Gasteiger partial charge is 0.211 e. The van der Waals surface area contributed by atoms with Crippen LogP contribution in [0.5, 0.6) is 0 Å². The number of alkyl halides is 1. The number of hydrogen-bond acceptors (Lipinski definition) is 2. The highest BCUT2D eigenvalue weighted by molar-refractivity contribution is 9.08. The number of nitrogens with zero attached hydrogens (tertiary/aromatic N) is 1. The van der Waals surface area contributed by atoms with Crippen LogP contribution in [0.3, 0.4) is 0 Å². The van der Waals surface area contributed by atoms with E-state index < -0.39 is 0 Å². The summed E-state index contributed by atoms with van der Waals surface area (Å²) in [6.07, 6.45) is 1.63. The third kappa shape index (κ3) is 2.36. The van der Waals surface area contributed by atoms with Crippen LogP contribution < -0.4 is 0 Å². The molecule has 0 spiro atoms. The van der Waals surface area contributed by atoms with E-state index >= 15 is 0 Å². The minimum absolute atomic E-state index is 0.0401. The summed E-state index contributed by atoms with van der Waals surface area (Å²) in [4.78, 5) is 16.0. The second kappa shape index (κ2) is 5.03. The minimum atomic E-state index is -0.0401. The number of hydrogen-bond donors (Lipinski definition) is 0. The SMILES string of the molecule is O=C(c1ccc(CBr)cc1)c1ccccn1. The van der Waals surface area contributed by atoms with Gasteiger partial charge in [-0.2, -0.15) is 0 Å². The van der Waals surface area contributed by atoms with Crippen molar-refractivity contribution in [3.05, 3.63) is 65.5 Å². The van der Waals surface area contributed by atoms with Crippen LogP contribution in [-0.2, 0) is 5.33 Å². The van der Waals surface area contributed by atoms with E-state index in [0.717, 1.165) is 10.9 Å². The molecule has 0 atom stereocenters. The van der Waals surface area contributed by atoms with Crippen LogP contribution in [-0.4, -0.2) is 10.8 Å². The molecule has 0 bridgehead atoms. The van der Waals surface area contributed by atoms with Gasteiger partial charge >= 0.3 is 0 Å². The molecule has 80 valence electrons. The summed E-state index contributed by atoms with van der Waals surface area (Å²) in [6, 6.07) is 12.9. The summed E-state index contributed by atoms with van der Waals surface area (Å²) in [5, 5.41) is 0.797. The normalized spacial score (nSPS) is 10.1. The lowest BCUT2D eigenvalue weighted by molar-refractivity contribution is 0.103. The van der Waals surface area contributed by atoms with Gasteiger partial charge in [-0.25, -0.2) is 0 Å². The van der Waals surface area contributed by atoms with Gasteiger partial charge in [-0.3, -0.25) is 9.78 Å². The molecule has 0 N–H and O–H groups in total. The quantitative estimate of drug-likeness (QED) is 0.636. The number of carbonyl (C=O) groups excluding carboxylic acids is 1. The standard InChI is InChI=1S/C13H10BrNO/c14-9-10-4-6-11(7-5-10)13(16)12-3-1-2-8-15-12/h1-8H,9H2. The molecule has 2 nitrogen and oxygen atoms in total. The maximum atomic E-state index is 12.0. The first kappa shape index (κ1) is 11.0. The maximum absolute atomic E-state index is 12.0. The lowest BCUT2D eigenvalue weighted by Gasteiger charge is -2.01. The molecule has 1 heterocycles. The summed E-state index contributed by atoms with van der Waals surface area (Å²) in [5.74, 6) is -0.0401. The van der Waals surface area contributed by atoms with Crippen LogP contribution in [0.15, 0.2) is 48.7 Å². The van der Waals surface area contributed by atoms with Crippen LogP contribution in [0.1, 0.15) is 21.6 Å². The molecule has 2 aromatic rings. The van der Waals surface area contributed by atoms with Crippen LogP contribution in [0, 0.1) is 0 Å². The van der Waals surface area contributed by atoms with Gasteiger partial charge in [-0.05, 0) is 17.7 Å². The Balaban J connectivity index is 2.28. The van der Waals surface area contributed by atoms with Crippen molar-refractivity contribution in [3.8, 4) is 0 Å². The maximum Gasteiger partial charge on any atom is 0.211 e. The number of ketones is 1. The topological polar surface area (TPSA) is 30.0 Å². The number of aromatic nitrogens is 1. The van der Waals surface area contributed by atoms with Gasteiger partial charge in [0.1, 0.15) is 5.69 Å². The van der Waals surface area contributed by atoms with E-state index in [1.54, 1.807) is 18.3 Å². The van der Waals surface area contributed by atoms with Gasteiger partial charge in [0.25, 0.3) is 0 Å². The van der Waals surface area contributed by atoms with Crippen molar-refractivity contribution in [1.82, 2.24) is 4.98 Å². The molecule has 0 radical (unpaired) electrons. The van der Waals surface area contributed by atoms with Crippen molar-refractivity contribution < 1.29 is 4.79 Å². The Hall–Kier alpha value is -1.48. The van der Waals surface area contributed by atoms with E-state index in [-0.39, 0.29) is 5.78 Å². The van der Waals surface area contributed by atoms with Crippen molar-refractivity contribution >= 4 is 21.7 Å². The van der Waals surface area contributed by atoms with E-state index in [2.05, 4.69) is 20.9 Å². The first-order valence-electron chi connectivity index (χ1n) is 4.92. The Bertz CT molecular complexity index is 479. The zero-order valence-electron chi connectivity index (χ0n) is 8.56. The molecule has 2 rings (SSSR count). The molecule has 1 aromatic heterocycles. The highest BCUT2D eigenvalue weighted by Gasteiger charge is 2.08. The second-order valence-electron chi connectivity index (χ2n) is 3.37. The Morgan fingerprint density at radius 2 is 1.88 bits per heavy atom. The Labute approximate surface area is 102 Å². The minimum Gasteiger partial charge on any atom is -0.287 e. The van der Waals surface area contributed by atoms with E-state index in [1.165, 1.54) is 0 Å². The van der Waals surface area contributed by atoms with Crippen molar-refractivity contribution in [2.45, 2.75) is 5.33 Å². The van der Waals surface area contributed by atoms with Crippen molar-refractivity contribution in [2.24, 2.45) is 0 Å². The molecule has 0 fully saturated rings. The number of rotatable bonds is 3. The molecule has 0 amide bonds. The number of halogens is 1. The lowest BCUT2D eigenvalue weighted by atomic mass is 10.1. The predicted molar refractivity (Wildman–Crippen MR) is 66.7 cm³/mol. The molecule has 0 aliphatic carbocycles. The van der Waals surface area contributed by atoms with Gasteiger partial charge in [0.05, 0.1) is 0 Å². The second-order valence-corrected chi connectivity index (χ2v) is 3.94. The predicted octanol–water partition coefficient (Wildman–Crippen LogP) is 3.21. The average Bonchev–Trinajstić information content (AvgIpc) is 2.39. The molecule has 1 aromatic carbocycles. The van der Waals surface area contributed by atoms with Crippen LogP contribution in [0.2, 0.25) is 0 Å². The van der Waals surface area contributed by atoms with Gasteiger partial charge in [0.15, 0.2) is 0 Å². The number of carbonyl (C=O) groups is 1. The Kier molecular flexibility index (Phi) is 3.47. The largest absolute Gasteiger partial charge is 0.287 e. The molecular formula is C13H10BrNO. The summed E-state index contributed by atoms with van der Waals surface area (Å²) in [5.41, 5.74) is 2.30. The number of benzene rings is 1. The molecule has 0 saturated heterocycles. The van der Waals surface area contributed by atoms with Crippen LogP contribution in [0.4, 0.5) is 0 Å². The van der Waals surface area contributed by atoms with E-state index in [0.29, 0.717) is 11.3 Å². The van der Waals surface area contributed by atoms with Gasteiger partial charge in [0, 0.05) is 17.1 Å². The molecule has 0 aliphatic rings. The first-order valence-corrected chi connectivity index (χ1v) is 6.04. The van der Waals surface area contributed by atoms with Gasteiger partial charge in [0.2, 0.25) is 5.78 Å². The molecule has 0 aliphatic heterocycles. The van der Waals surface area contributed by atoms with Crippen molar-refractivity contribution in [2.75, 3.05) is 0 Å². The lowest BCUT2D eigenvalue weighted by Crippen LogP contribution is -2.03. The van der Waals surface area contributed by atoms with Crippen molar-refractivity contribution in [1.29, 1.82) is 0 Å². The third-order valence-corrected chi connectivity index (χ3v) is 2.92. The Morgan fingerprint density at radius 1 is 1.12 bits per heavy atom.